The molecule has 1 amide bonds. The van der Waals surface area contributed by atoms with E-state index in [0.29, 0.717) is 41.7 Å². The molecule has 0 radical (unpaired) electrons. The van der Waals surface area contributed by atoms with Gasteiger partial charge in [0.2, 0.25) is 0 Å². The van der Waals surface area contributed by atoms with Crippen molar-refractivity contribution in [3.8, 4) is 0 Å². The van der Waals surface area contributed by atoms with Crippen molar-refractivity contribution in [2.24, 2.45) is 11.8 Å². The van der Waals surface area contributed by atoms with Crippen LogP contribution in [0.3, 0.4) is 0 Å². The lowest BCUT2D eigenvalue weighted by atomic mass is 9.74. The van der Waals surface area contributed by atoms with Crippen molar-refractivity contribution in [3.63, 3.8) is 0 Å². The van der Waals surface area contributed by atoms with Crippen LogP contribution in [0.1, 0.15) is 71.8 Å². The van der Waals surface area contributed by atoms with Gasteiger partial charge in [0.05, 0.1) is 28.7 Å². The van der Waals surface area contributed by atoms with Crippen molar-refractivity contribution in [2.75, 3.05) is 13.2 Å². The highest BCUT2D eigenvalue weighted by Gasteiger charge is 2.57. The van der Waals surface area contributed by atoms with Gasteiger partial charge >= 0.3 is 5.97 Å². The van der Waals surface area contributed by atoms with Gasteiger partial charge in [-0.2, -0.15) is 0 Å². The molecule has 1 fully saturated rings. The number of nitrogens with zero attached hydrogens (tertiary/aromatic N) is 1. The molecule has 0 saturated carbocycles. The normalized spacial score (nSPS) is 22.0. The molecule has 1 saturated heterocycles. The number of hydrogen-bond donors (Lipinski definition) is 3. The van der Waals surface area contributed by atoms with Gasteiger partial charge < -0.3 is 20.1 Å². The standard InChI is InChI=1S/C32H32Cl2FNO6/c1-3-31(40,20-12-14-42-15-13-20)22-16-25-27(26(35)17-22)32(41,21-6-10-24(34)11-7-21)36(29(25)37)28(18(2)30(38)39)19-4-8-23(33)9-5-19/h4-11,16-18,20,28,40-41H,3,12-15H2,1-2H3,(H,38,39). The Hall–Kier alpha value is -3.01. The van der Waals surface area contributed by atoms with E-state index in [1.54, 1.807) is 31.2 Å². The Morgan fingerprint density at radius 2 is 1.67 bits per heavy atom. The molecule has 0 bridgehead atoms. The molecule has 3 N–H and O–H groups in total. The highest BCUT2D eigenvalue weighted by atomic mass is 35.5. The maximum absolute atomic E-state index is 16.4. The van der Waals surface area contributed by atoms with Crippen LogP contribution < -0.4 is 0 Å². The monoisotopic (exact) mass is 615 g/mol. The zero-order valence-electron chi connectivity index (χ0n) is 23.2. The number of carbonyl (C=O) groups excluding carboxylic acids is 1. The largest absolute Gasteiger partial charge is 0.481 e. The van der Waals surface area contributed by atoms with Crippen molar-refractivity contribution in [1.29, 1.82) is 0 Å². The minimum absolute atomic E-state index is 0.123. The van der Waals surface area contributed by atoms with E-state index in [-0.39, 0.29) is 34.6 Å². The van der Waals surface area contributed by atoms with Gasteiger partial charge in [-0.25, -0.2) is 4.39 Å². The fourth-order valence-corrected chi connectivity index (χ4v) is 6.68. The van der Waals surface area contributed by atoms with Gasteiger partial charge in [-0.15, -0.1) is 0 Å². The maximum atomic E-state index is 16.4. The highest BCUT2D eigenvalue weighted by molar-refractivity contribution is 6.30. The number of carboxylic acid groups (broad SMARTS) is 1. The second-order valence-electron chi connectivity index (χ2n) is 11.0. The van der Waals surface area contributed by atoms with E-state index in [0.717, 1.165) is 4.90 Å². The molecule has 4 atom stereocenters. The highest BCUT2D eigenvalue weighted by Crippen LogP contribution is 2.51. The number of fused-ring (bicyclic) bond motifs is 1. The molecule has 7 nitrogen and oxygen atoms in total. The number of aliphatic hydroxyl groups is 2. The lowest BCUT2D eigenvalue weighted by Gasteiger charge is -2.42. The van der Waals surface area contributed by atoms with Crippen LogP contribution in [0.2, 0.25) is 10.0 Å². The van der Waals surface area contributed by atoms with E-state index in [2.05, 4.69) is 0 Å². The summed E-state index contributed by atoms with van der Waals surface area (Å²) in [6, 6.07) is 13.6. The van der Waals surface area contributed by atoms with Crippen LogP contribution in [-0.4, -0.2) is 45.3 Å². The van der Waals surface area contributed by atoms with Gasteiger partial charge in [0, 0.05) is 28.8 Å². The van der Waals surface area contributed by atoms with E-state index >= 15 is 4.39 Å². The molecule has 2 heterocycles. The zero-order valence-corrected chi connectivity index (χ0v) is 24.7. The number of rotatable bonds is 8. The van der Waals surface area contributed by atoms with Crippen molar-refractivity contribution in [1.82, 2.24) is 4.90 Å². The quantitative estimate of drug-likeness (QED) is 0.276. The first kappa shape index (κ1) is 30.4. The maximum Gasteiger partial charge on any atom is 0.308 e. The lowest BCUT2D eigenvalue weighted by Crippen LogP contribution is -2.49. The van der Waals surface area contributed by atoms with Gasteiger partial charge in [0.1, 0.15) is 5.82 Å². The summed E-state index contributed by atoms with van der Waals surface area (Å²) in [5.41, 5.74) is -3.60. The van der Waals surface area contributed by atoms with Gasteiger partial charge in [0.15, 0.2) is 5.72 Å². The number of benzene rings is 3. The first-order valence-electron chi connectivity index (χ1n) is 13.9. The van der Waals surface area contributed by atoms with Gasteiger partial charge in [-0.05, 0) is 79.6 Å². The SMILES string of the molecule is CCC(O)(c1cc(F)c2c(c1)C(=O)N(C(c1ccc(Cl)cc1)C(C)C(=O)O)C2(O)c1ccc(Cl)cc1)C1CCOCC1. The van der Waals surface area contributed by atoms with E-state index in [1.165, 1.54) is 43.3 Å². The van der Waals surface area contributed by atoms with Crippen LogP contribution in [0.5, 0.6) is 0 Å². The van der Waals surface area contributed by atoms with Crippen molar-refractivity contribution < 1.29 is 34.0 Å². The molecule has 10 heteroatoms. The number of carboxylic acids is 1. The molecule has 3 aromatic rings. The molecule has 3 aromatic carbocycles. The second-order valence-corrected chi connectivity index (χ2v) is 11.9. The Labute approximate surface area is 253 Å². The Balaban J connectivity index is 1.76. The van der Waals surface area contributed by atoms with Gasteiger partial charge in [0.25, 0.3) is 5.91 Å². The van der Waals surface area contributed by atoms with E-state index < -0.39 is 41.0 Å². The Kier molecular flexibility index (Phi) is 8.40. The number of ether oxygens (including phenoxy) is 1. The summed E-state index contributed by atoms with van der Waals surface area (Å²) < 4.78 is 21.9. The molecule has 5 rings (SSSR count). The summed E-state index contributed by atoms with van der Waals surface area (Å²) in [7, 11) is 0. The molecule has 4 unspecified atom stereocenters. The average molecular weight is 617 g/mol. The predicted octanol–water partition coefficient (Wildman–Crippen LogP) is 6.27. The Bertz CT molecular complexity index is 1490. The fraction of sp³-hybridized carbons (Fsp3) is 0.375. The number of hydrogen-bond acceptors (Lipinski definition) is 5. The number of halogens is 3. The van der Waals surface area contributed by atoms with E-state index in [4.69, 9.17) is 27.9 Å². The smallest absolute Gasteiger partial charge is 0.308 e. The third kappa shape index (κ3) is 4.99. The van der Waals surface area contributed by atoms with Crippen LogP contribution in [0.25, 0.3) is 0 Å². The fourth-order valence-electron chi connectivity index (χ4n) is 6.43. The third-order valence-electron chi connectivity index (χ3n) is 8.77. The summed E-state index contributed by atoms with van der Waals surface area (Å²) >= 11 is 12.2. The van der Waals surface area contributed by atoms with Gasteiger partial charge in [-0.1, -0.05) is 54.4 Å². The van der Waals surface area contributed by atoms with Crippen LogP contribution in [0.4, 0.5) is 4.39 Å². The molecule has 42 heavy (non-hydrogen) atoms. The average Bonchev–Trinajstić information content (AvgIpc) is 3.21. The second kappa shape index (κ2) is 11.6. The summed E-state index contributed by atoms with van der Waals surface area (Å²) in [4.78, 5) is 27.8. The van der Waals surface area contributed by atoms with E-state index in [9.17, 15) is 24.9 Å². The van der Waals surface area contributed by atoms with Crippen molar-refractivity contribution in [3.05, 3.63) is 104 Å². The van der Waals surface area contributed by atoms with Crippen LogP contribution >= 0.6 is 23.2 Å². The molecule has 2 aliphatic heterocycles. The first-order valence-corrected chi connectivity index (χ1v) is 14.6. The molecular formula is C32H32Cl2FNO6. The zero-order chi connectivity index (χ0) is 30.4. The minimum atomic E-state index is -2.41. The topological polar surface area (TPSA) is 107 Å². The molecule has 0 aromatic heterocycles. The van der Waals surface area contributed by atoms with Crippen LogP contribution in [0, 0.1) is 17.7 Å². The molecule has 0 aliphatic carbocycles. The van der Waals surface area contributed by atoms with E-state index in [1.807, 2.05) is 0 Å². The van der Waals surface area contributed by atoms with Crippen molar-refractivity contribution in [2.45, 2.75) is 50.5 Å². The molecule has 222 valence electrons. The number of amides is 1. The molecular weight excluding hydrogens is 584 g/mol. The summed E-state index contributed by atoms with van der Waals surface area (Å²) in [5.74, 6) is -4.35. The lowest BCUT2D eigenvalue weighted by molar-refractivity contribution is -0.147. The van der Waals surface area contributed by atoms with Crippen molar-refractivity contribution >= 4 is 35.1 Å². The molecule has 2 aliphatic rings. The first-order chi connectivity index (χ1) is 19.9. The Morgan fingerprint density at radius 1 is 1.10 bits per heavy atom. The van der Waals surface area contributed by atoms with Crippen LogP contribution in [0.15, 0.2) is 60.7 Å². The predicted molar refractivity (Wildman–Crippen MR) is 156 cm³/mol. The minimum Gasteiger partial charge on any atom is -0.481 e. The molecule has 0 spiro atoms. The summed E-state index contributed by atoms with van der Waals surface area (Å²) in [6.45, 7) is 4.13. The Morgan fingerprint density at radius 3 is 2.21 bits per heavy atom. The summed E-state index contributed by atoms with van der Waals surface area (Å²) in [6.07, 6.45) is 1.39. The van der Waals surface area contributed by atoms with Crippen LogP contribution in [-0.2, 0) is 20.9 Å². The van der Waals surface area contributed by atoms with Gasteiger partial charge in [-0.3, -0.25) is 14.5 Å². The summed E-state index contributed by atoms with van der Waals surface area (Å²) in [5, 5.41) is 35.3. The number of carbonyl (C=O) groups is 2. The third-order valence-corrected chi connectivity index (χ3v) is 9.28. The number of aliphatic carboxylic acids is 1.